The third kappa shape index (κ3) is 11.2. The summed E-state index contributed by atoms with van der Waals surface area (Å²) >= 11 is 0. The van der Waals surface area contributed by atoms with Crippen LogP contribution in [0.1, 0.15) is 12.8 Å². The summed E-state index contributed by atoms with van der Waals surface area (Å²) in [6, 6.07) is 0. The number of hydrogen-bond acceptors (Lipinski definition) is 4. The lowest BCUT2D eigenvalue weighted by Crippen LogP contribution is -3.00. The number of ether oxygens (including phenoxy) is 1. The number of carbonyl (C=O) groups excluding carboxylic acids is 1. The van der Waals surface area contributed by atoms with Crippen molar-refractivity contribution in [3.63, 3.8) is 0 Å². The molecule has 8 heteroatoms. The Hall–Kier alpha value is -1.34. The number of hydrogen-bond donors (Lipinski definition) is 2. The van der Waals surface area contributed by atoms with Crippen molar-refractivity contribution < 1.29 is 46.2 Å². The SMILES string of the molecule is C[N+](C)(C)C[C@H](CC(=O)O)OC(=O)CC(=O)O.[Cl-]. The molecule has 7 nitrogen and oxygen atoms in total. The summed E-state index contributed by atoms with van der Waals surface area (Å²) in [6.07, 6.45) is -1.91. The number of carboxylic acid groups (broad SMARTS) is 2. The Kier molecular flexibility index (Phi) is 8.33. The lowest BCUT2D eigenvalue weighted by molar-refractivity contribution is -0.873. The van der Waals surface area contributed by atoms with Crippen molar-refractivity contribution >= 4 is 17.9 Å². The summed E-state index contributed by atoms with van der Waals surface area (Å²) in [4.78, 5) is 32.0. The van der Waals surface area contributed by atoms with E-state index >= 15 is 0 Å². The van der Waals surface area contributed by atoms with E-state index in [1.165, 1.54) is 0 Å². The van der Waals surface area contributed by atoms with E-state index in [-0.39, 0.29) is 18.8 Å². The highest BCUT2D eigenvalue weighted by Crippen LogP contribution is 2.06. The molecule has 0 unspecified atom stereocenters. The Morgan fingerprint density at radius 1 is 1.11 bits per heavy atom. The summed E-state index contributed by atoms with van der Waals surface area (Å²) < 4.78 is 5.25. The fourth-order valence-corrected chi connectivity index (χ4v) is 1.30. The van der Waals surface area contributed by atoms with Crippen LogP contribution in [0.3, 0.4) is 0 Å². The molecular weight excluding hydrogens is 266 g/mol. The number of quaternary nitrogens is 1. The van der Waals surface area contributed by atoms with Crippen molar-refractivity contribution in [2.24, 2.45) is 0 Å². The minimum Gasteiger partial charge on any atom is -1.00 e. The molecular formula is C10H18ClNO6. The summed E-state index contributed by atoms with van der Waals surface area (Å²) in [5, 5.41) is 17.1. The van der Waals surface area contributed by atoms with Crippen LogP contribution in [0, 0.1) is 0 Å². The van der Waals surface area contributed by atoms with E-state index in [9.17, 15) is 14.4 Å². The average Bonchev–Trinajstić information content (AvgIpc) is 1.95. The lowest BCUT2D eigenvalue weighted by Gasteiger charge is -2.28. The van der Waals surface area contributed by atoms with E-state index < -0.39 is 30.4 Å². The molecule has 0 aromatic carbocycles. The van der Waals surface area contributed by atoms with Crippen molar-refractivity contribution in [3.05, 3.63) is 0 Å². The normalized spacial score (nSPS) is 12.2. The number of aliphatic carboxylic acids is 2. The van der Waals surface area contributed by atoms with Crippen LogP contribution < -0.4 is 12.4 Å². The first-order valence-corrected chi connectivity index (χ1v) is 5.03. The van der Waals surface area contributed by atoms with Gasteiger partial charge in [0.1, 0.15) is 13.0 Å². The molecule has 0 amide bonds. The molecule has 1 atom stereocenters. The van der Waals surface area contributed by atoms with Gasteiger partial charge in [-0.1, -0.05) is 0 Å². The van der Waals surface area contributed by atoms with E-state index in [4.69, 9.17) is 14.9 Å². The molecule has 0 aliphatic rings. The summed E-state index contributed by atoms with van der Waals surface area (Å²) in [5.74, 6) is -3.31. The van der Waals surface area contributed by atoms with Gasteiger partial charge in [-0.3, -0.25) is 14.4 Å². The molecule has 0 aromatic rings. The number of likely N-dealkylation sites (N-methyl/N-ethyl adjacent to an activating group) is 1. The van der Waals surface area contributed by atoms with E-state index in [0.29, 0.717) is 11.0 Å². The molecule has 0 fully saturated rings. The van der Waals surface area contributed by atoms with Crippen LogP contribution in [0.15, 0.2) is 0 Å². The number of carboxylic acids is 2. The molecule has 0 aromatic heterocycles. The molecule has 0 spiro atoms. The Balaban J connectivity index is 0. The molecule has 106 valence electrons. The minimum absolute atomic E-state index is 0. The molecule has 0 rings (SSSR count). The first-order chi connectivity index (χ1) is 7.60. The zero-order chi connectivity index (χ0) is 13.6. The van der Waals surface area contributed by atoms with Crippen LogP contribution in [-0.2, 0) is 19.1 Å². The predicted molar refractivity (Wildman–Crippen MR) is 57.3 cm³/mol. The highest BCUT2D eigenvalue weighted by atomic mass is 35.5. The van der Waals surface area contributed by atoms with E-state index in [1.807, 2.05) is 21.1 Å². The van der Waals surface area contributed by atoms with Gasteiger partial charge in [0.25, 0.3) is 0 Å². The Labute approximate surface area is 111 Å². The van der Waals surface area contributed by atoms with Gasteiger partial charge in [-0.2, -0.15) is 0 Å². The second-order valence-corrected chi connectivity index (χ2v) is 4.75. The maximum Gasteiger partial charge on any atom is 0.317 e. The van der Waals surface area contributed by atoms with Gasteiger partial charge in [-0.15, -0.1) is 0 Å². The summed E-state index contributed by atoms with van der Waals surface area (Å²) in [6.45, 7) is 0.303. The van der Waals surface area contributed by atoms with Crippen LogP contribution in [0.2, 0.25) is 0 Å². The van der Waals surface area contributed by atoms with Crippen molar-refractivity contribution in [2.45, 2.75) is 18.9 Å². The van der Waals surface area contributed by atoms with Gasteiger partial charge < -0.3 is 31.8 Å². The molecule has 0 saturated heterocycles. The number of halogens is 1. The lowest BCUT2D eigenvalue weighted by atomic mass is 10.2. The molecule has 0 saturated carbocycles. The minimum atomic E-state index is -1.30. The standard InChI is InChI=1S/C10H17NO6.ClH/c1-11(2,3)6-7(4-8(12)13)17-10(16)5-9(14)15;/h7H,4-6H2,1-3H3,(H-,12,13,14,15);1H/t7-;/m0./s1. The number of carbonyl (C=O) groups is 3. The largest absolute Gasteiger partial charge is 1.00 e. The van der Waals surface area contributed by atoms with Gasteiger partial charge in [0, 0.05) is 0 Å². The summed E-state index contributed by atoms with van der Waals surface area (Å²) in [5.41, 5.74) is 0. The first-order valence-electron chi connectivity index (χ1n) is 5.03. The second-order valence-electron chi connectivity index (χ2n) is 4.75. The molecule has 18 heavy (non-hydrogen) atoms. The highest BCUT2D eigenvalue weighted by molar-refractivity contribution is 5.90. The number of esters is 1. The maximum absolute atomic E-state index is 11.1. The first kappa shape index (κ1) is 19.0. The molecule has 2 N–H and O–H groups in total. The van der Waals surface area contributed by atoms with Gasteiger partial charge in [-0.05, 0) is 0 Å². The second kappa shape index (κ2) is 7.88. The monoisotopic (exact) mass is 283 g/mol. The topological polar surface area (TPSA) is 101 Å². The Bertz CT molecular complexity index is 312. The summed E-state index contributed by atoms with van der Waals surface area (Å²) in [7, 11) is 5.46. The van der Waals surface area contributed by atoms with Gasteiger partial charge >= 0.3 is 17.9 Å². The van der Waals surface area contributed by atoms with Crippen molar-refractivity contribution in [3.8, 4) is 0 Å². The quantitative estimate of drug-likeness (QED) is 0.286. The van der Waals surface area contributed by atoms with E-state index in [1.54, 1.807) is 0 Å². The maximum atomic E-state index is 11.1. The predicted octanol–water partition coefficient (Wildman–Crippen LogP) is -3.44. The molecule has 0 aliphatic heterocycles. The van der Waals surface area contributed by atoms with E-state index in [2.05, 4.69) is 0 Å². The Morgan fingerprint density at radius 2 is 1.61 bits per heavy atom. The van der Waals surface area contributed by atoms with E-state index in [0.717, 1.165) is 0 Å². The van der Waals surface area contributed by atoms with Crippen LogP contribution in [0.5, 0.6) is 0 Å². The van der Waals surface area contributed by atoms with Crippen LogP contribution in [0.4, 0.5) is 0 Å². The molecule has 0 radical (unpaired) electrons. The highest BCUT2D eigenvalue weighted by Gasteiger charge is 2.25. The third-order valence-electron chi connectivity index (χ3n) is 1.75. The van der Waals surface area contributed by atoms with Gasteiger partial charge in [0.05, 0.1) is 27.6 Å². The van der Waals surface area contributed by atoms with Crippen molar-refractivity contribution in [1.29, 1.82) is 0 Å². The number of rotatable bonds is 7. The van der Waals surface area contributed by atoms with Crippen LogP contribution in [0.25, 0.3) is 0 Å². The van der Waals surface area contributed by atoms with Gasteiger partial charge in [0.15, 0.2) is 6.10 Å². The Morgan fingerprint density at radius 3 is 1.94 bits per heavy atom. The third-order valence-corrected chi connectivity index (χ3v) is 1.75. The molecule has 0 aliphatic carbocycles. The van der Waals surface area contributed by atoms with Crippen LogP contribution in [-0.4, -0.2) is 66.4 Å². The van der Waals surface area contributed by atoms with Gasteiger partial charge in [0.2, 0.25) is 0 Å². The zero-order valence-electron chi connectivity index (χ0n) is 10.6. The molecule has 0 heterocycles. The van der Waals surface area contributed by atoms with Crippen molar-refractivity contribution in [2.75, 3.05) is 27.7 Å². The van der Waals surface area contributed by atoms with Crippen LogP contribution >= 0.6 is 0 Å². The molecule has 0 bridgehead atoms. The average molecular weight is 284 g/mol. The number of nitrogens with zero attached hydrogens (tertiary/aromatic N) is 1. The van der Waals surface area contributed by atoms with Crippen molar-refractivity contribution in [1.82, 2.24) is 0 Å². The smallest absolute Gasteiger partial charge is 0.317 e. The van der Waals surface area contributed by atoms with Gasteiger partial charge in [-0.25, -0.2) is 0 Å². The fourth-order valence-electron chi connectivity index (χ4n) is 1.30. The fraction of sp³-hybridized carbons (Fsp3) is 0.700. The zero-order valence-corrected chi connectivity index (χ0v) is 11.3.